The maximum Gasteiger partial charge on any atom is 0.271 e. The third-order valence-corrected chi connectivity index (χ3v) is 5.80. The van der Waals surface area contributed by atoms with Crippen LogP contribution in [0.5, 0.6) is 5.75 Å². The summed E-state index contributed by atoms with van der Waals surface area (Å²) in [6.45, 7) is 2.20. The molecule has 0 aliphatic carbocycles. The largest absolute Gasteiger partial charge is 0.488 e. The zero-order chi connectivity index (χ0) is 22.5. The van der Waals surface area contributed by atoms with Crippen molar-refractivity contribution < 1.29 is 9.53 Å². The fraction of sp³-hybridized carbons (Fsp3) is 0.0769. The fourth-order valence-electron chi connectivity index (χ4n) is 3.37. The standard InChI is InChI=1S/C26H20Cl2N2O2/c1-17-6-2-4-8-20(17)26(31)30-29-15-22-21-9-5-3-7-19(21)11-13-25(22)32-16-18-10-12-23(27)24(28)14-18/h2-15H,16H2,1H3,(H,30,31)/b29-15+. The van der Waals surface area contributed by atoms with E-state index in [4.69, 9.17) is 27.9 Å². The number of rotatable bonds is 6. The Hall–Kier alpha value is -3.34. The van der Waals surface area contributed by atoms with Gasteiger partial charge in [-0.1, -0.05) is 77.8 Å². The number of nitrogens with zero attached hydrogens (tertiary/aromatic N) is 1. The van der Waals surface area contributed by atoms with Gasteiger partial charge in [0.25, 0.3) is 5.91 Å². The summed E-state index contributed by atoms with van der Waals surface area (Å²) in [5.41, 5.74) is 5.74. The minimum absolute atomic E-state index is 0.266. The minimum Gasteiger partial charge on any atom is -0.488 e. The predicted octanol–water partition coefficient (Wildman–Crippen LogP) is 6.80. The van der Waals surface area contributed by atoms with E-state index < -0.39 is 0 Å². The third-order valence-electron chi connectivity index (χ3n) is 5.06. The number of hydrogen-bond donors (Lipinski definition) is 1. The van der Waals surface area contributed by atoms with Crippen LogP contribution in [0.25, 0.3) is 10.8 Å². The summed E-state index contributed by atoms with van der Waals surface area (Å²) < 4.78 is 6.08. The van der Waals surface area contributed by atoms with Gasteiger partial charge in [0.05, 0.1) is 16.3 Å². The molecule has 4 aromatic rings. The summed E-state index contributed by atoms with van der Waals surface area (Å²) in [6, 6.07) is 24.6. The van der Waals surface area contributed by atoms with Gasteiger partial charge in [0.15, 0.2) is 0 Å². The van der Waals surface area contributed by atoms with E-state index in [1.807, 2.05) is 67.6 Å². The van der Waals surface area contributed by atoms with Gasteiger partial charge < -0.3 is 4.74 Å². The smallest absolute Gasteiger partial charge is 0.271 e. The Labute approximate surface area is 196 Å². The lowest BCUT2D eigenvalue weighted by molar-refractivity contribution is 0.0954. The Morgan fingerprint density at radius 2 is 1.75 bits per heavy atom. The van der Waals surface area contributed by atoms with Crippen molar-refractivity contribution in [2.75, 3.05) is 0 Å². The van der Waals surface area contributed by atoms with Crippen LogP contribution in [0.15, 0.2) is 84.0 Å². The second-order valence-electron chi connectivity index (χ2n) is 7.25. The Balaban J connectivity index is 1.60. The molecule has 4 nitrogen and oxygen atoms in total. The number of carbonyl (C=O) groups is 1. The number of hydrogen-bond acceptors (Lipinski definition) is 3. The van der Waals surface area contributed by atoms with E-state index in [2.05, 4.69) is 10.5 Å². The number of nitrogens with one attached hydrogen (secondary N) is 1. The van der Waals surface area contributed by atoms with Gasteiger partial charge in [0.2, 0.25) is 0 Å². The molecule has 4 rings (SSSR count). The first-order valence-electron chi connectivity index (χ1n) is 10.0. The first-order valence-corrected chi connectivity index (χ1v) is 10.8. The molecular formula is C26H20Cl2N2O2. The van der Waals surface area contributed by atoms with Crippen molar-refractivity contribution in [1.29, 1.82) is 0 Å². The van der Waals surface area contributed by atoms with E-state index >= 15 is 0 Å². The van der Waals surface area contributed by atoms with Gasteiger partial charge in [-0.05, 0) is 53.1 Å². The third kappa shape index (κ3) is 4.93. The summed E-state index contributed by atoms with van der Waals surface area (Å²) in [7, 11) is 0. The molecular weight excluding hydrogens is 443 g/mol. The number of halogens is 2. The molecule has 6 heteroatoms. The second kappa shape index (κ2) is 9.86. The Morgan fingerprint density at radius 3 is 2.56 bits per heavy atom. The van der Waals surface area contributed by atoms with Crippen LogP contribution in [0.3, 0.4) is 0 Å². The van der Waals surface area contributed by atoms with Crippen LogP contribution in [-0.2, 0) is 6.61 Å². The van der Waals surface area contributed by atoms with Crippen LogP contribution in [-0.4, -0.2) is 12.1 Å². The van der Waals surface area contributed by atoms with Gasteiger partial charge in [0.1, 0.15) is 12.4 Å². The van der Waals surface area contributed by atoms with Gasteiger partial charge in [-0.25, -0.2) is 5.43 Å². The topological polar surface area (TPSA) is 50.7 Å². The molecule has 0 saturated carbocycles. The highest BCUT2D eigenvalue weighted by molar-refractivity contribution is 6.42. The van der Waals surface area contributed by atoms with E-state index in [9.17, 15) is 4.79 Å². The summed E-state index contributed by atoms with van der Waals surface area (Å²) in [5, 5.41) is 7.19. The van der Waals surface area contributed by atoms with Crippen molar-refractivity contribution in [3.8, 4) is 5.75 Å². The summed E-state index contributed by atoms with van der Waals surface area (Å²) in [6.07, 6.45) is 1.61. The number of hydrazone groups is 1. The molecule has 0 spiro atoms. The highest BCUT2D eigenvalue weighted by Gasteiger charge is 2.10. The van der Waals surface area contributed by atoms with E-state index in [1.54, 1.807) is 24.4 Å². The van der Waals surface area contributed by atoms with Crippen molar-refractivity contribution in [2.24, 2.45) is 5.10 Å². The molecule has 0 aromatic heterocycles. The van der Waals surface area contributed by atoms with E-state index in [0.29, 0.717) is 28.0 Å². The molecule has 1 N–H and O–H groups in total. The maximum atomic E-state index is 12.5. The van der Waals surface area contributed by atoms with Crippen molar-refractivity contribution in [1.82, 2.24) is 5.43 Å². The summed E-state index contributed by atoms with van der Waals surface area (Å²) in [4.78, 5) is 12.5. The lowest BCUT2D eigenvalue weighted by Gasteiger charge is -2.12. The van der Waals surface area contributed by atoms with Crippen LogP contribution in [0.1, 0.15) is 27.0 Å². The molecule has 0 radical (unpaired) electrons. The normalized spacial score (nSPS) is 11.1. The molecule has 160 valence electrons. The SMILES string of the molecule is Cc1ccccc1C(=O)N/N=C/c1c(OCc2ccc(Cl)c(Cl)c2)ccc2ccccc12. The highest BCUT2D eigenvalue weighted by Crippen LogP contribution is 2.28. The van der Waals surface area contributed by atoms with E-state index in [-0.39, 0.29) is 5.91 Å². The zero-order valence-electron chi connectivity index (χ0n) is 17.3. The first kappa shape index (κ1) is 21.9. The van der Waals surface area contributed by atoms with Crippen LogP contribution in [0.4, 0.5) is 0 Å². The maximum absolute atomic E-state index is 12.5. The number of ether oxygens (including phenoxy) is 1. The monoisotopic (exact) mass is 462 g/mol. The van der Waals surface area contributed by atoms with Crippen molar-refractivity contribution in [3.63, 3.8) is 0 Å². The van der Waals surface area contributed by atoms with Crippen molar-refractivity contribution in [3.05, 3.63) is 111 Å². The van der Waals surface area contributed by atoms with Crippen LogP contribution in [0, 0.1) is 6.92 Å². The Bertz CT molecular complexity index is 1320. The van der Waals surface area contributed by atoms with Crippen LogP contribution >= 0.6 is 23.2 Å². The Kier molecular flexibility index (Phi) is 6.74. The van der Waals surface area contributed by atoms with E-state index in [0.717, 1.165) is 27.5 Å². The molecule has 0 aliphatic heterocycles. The average molecular weight is 463 g/mol. The first-order chi connectivity index (χ1) is 15.5. The van der Waals surface area contributed by atoms with Gasteiger partial charge >= 0.3 is 0 Å². The molecule has 0 aliphatic rings. The van der Waals surface area contributed by atoms with Gasteiger partial charge in [-0.15, -0.1) is 0 Å². The molecule has 0 fully saturated rings. The summed E-state index contributed by atoms with van der Waals surface area (Å²) >= 11 is 12.1. The number of amides is 1. The van der Waals surface area contributed by atoms with Crippen molar-refractivity contribution >= 4 is 46.1 Å². The molecule has 1 amide bonds. The fourth-order valence-corrected chi connectivity index (χ4v) is 3.69. The number of aryl methyl sites for hydroxylation is 1. The molecule has 4 aromatic carbocycles. The molecule has 32 heavy (non-hydrogen) atoms. The number of fused-ring (bicyclic) bond motifs is 1. The molecule has 0 unspecified atom stereocenters. The number of benzene rings is 4. The zero-order valence-corrected chi connectivity index (χ0v) is 18.8. The number of carbonyl (C=O) groups excluding carboxylic acids is 1. The Morgan fingerprint density at radius 1 is 0.969 bits per heavy atom. The molecule has 0 saturated heterocycles. The quantitative estimate of drug-likeness (QED) is 0.253. The van der Waals surface area contributed by atoms with Crippen molar-refractivity contribution in [2.45, 2.75) is 13.5 Å². The highest BCUT2D eigenvalue weighted by atomic mass is 35.5. The lowest BCUT2D eigenvalue weighted by atomic mass is 10.0. The minimum atomic E-state index is -0.266. The molecule has 0 atom stereocenters. The lowest BCUT2D eigenvalue weighted by Crippen LogP contribution is -2.18. The van der Waals surface area contributed by atoms with Gasteiger partial charge in [-0.3, -0.25) is 4.79 Å². The van der Waals surface area contributed by atoms with Gasteiger partial charge in [-0.2, -0.15) is 5.10 Å². The molecule has 0 bridgehead atoms. The van der Waals surface area contributed by atoms with Gasteiger partial charge in [0, 0.05) is 11.1 Å². The van der Waals surface area contributed by atoms with Crippen LogP contribution in [0.2, 0.25) is 10.0 Å². The van der Waals surface area contributed by atoms with Crippen LogP contribution < -0.4 is 10.2 Å². The predicted molar refractivity (Wildman–Crippen MR) is 131 cm³/mol. The molecule has 0 heterocycles. The average Bonchev–Trinajstić information content (AvgIpc) is 2.80. The summed E-state index contributed by atoms with van der Waals surface area (Å²) in [5.74, 6) is 0.376. The second-order valence-corrected chi connectivity index (χ2v) is 8.06. The van der Waals surface area contributed by atoms with E-state index in [1.165, 1.54) is 0 Å².